The second kappa shape index (κ2) is 10.4. The number of carbonyl (C=O) groups excluding carboxylic acids is 2. The van der Waals surface area contributed by atoms with Crippen LogP contribution in [0.5, 0.6) is 0 Å². The minimum absolute atomic E-state index is 0.237. The highest BCUT2D eigenvalue weighted by Gasteiger charge is 2.08. The molecule has 1 amide bonds. The summed E-state index contributed by atoms with van der Waals surface area (Å²) in [5, 5.41) is 5.41. The number of rotatable bonds is 9. The third kappa shape index (κ3) is 7.38. The fourth-order valence-corrected chi connectivity index (χ4v) is 3.65. The Morgan fingerprint density at radius 1 is 1.21 bits per heavy atom. The van der Waals surface area contributed by atoms with Crippen LogP contribution in [0.2, 0.25) is 5.02 Å². The fraction of sp³-hybridized carbons (Fsp3) is 0.294. The molecule has 0 fully saturated rings. The predicted molar refractivity (Wildman–Crippen MR) is 99.6 cm³/mol. The number of thiophene rings is 1. The van der Waals surface area contributed by atoms with Crippen LogP contribution in [0.3, 0.4) is 0 Å². The van der Waals surface area contributed by atoms with Crippen molar-refractivity contribution in [2.24, 2.45) is 0 Å². The van der Waals surface area contributed by atoms with E-state index >= 15 is 0 Å². The average molecular weight is 384 g/mol. The number of amides is 1. The van der Waals surface area contributed by atoms with E-state index < -0.39 is 0 Å². The van der Waals surface area contributed by atoms with E-state index in [2.05, 4.69) is 5.32 Å². The van der Waals surface area contributed by atoms with E-state index in [1.54, 1.807) is 11.3 Å². The molecule has 0 saturated heterocycles. The molecule has 0 atom stereocenters. The normalized spacial score (nSPS) is 10.4. The first-order valence-electron chi connectivity index (χ1n) is 7.40. The van der Waals surface area contributed by atoms with Crippen LogP contribution in [0.25, 0.3) is 0 Å². The van der Waals surface area contributed by atoms with Crippen molar-refractivity contribution in [2.45, 2.75) is 12.2 Å². The van der Waals surface area contributed by atoms with E-state index in [0.29, 0.717) is 18.0 Å². The van der Waals surface area contributed by atoms with Crippen LogP contribution in [0.1, 0.15) is 10.4 Å². The number of carbonyl (C=O) groups is 2. The quantitative estimate of drug-likeness (QED) is 0.673. The number of esters is 1. The molecule has 1 aromatic heterocycles. The standard InChI is InChI=1S/C17H18ClNO3S2/c18-14-5-3-13(4-6-14)7-8-19-16(20)10-22-17(21)12-23-11-15-2-1-9-24-15/h1-6,9H,7-8,10-12H2,(H,19,20). The molecule has 0 saturated carbocycles. The summed E-state index contributed by atoms with van der Waals surface area (Å²) < 4.78 is 4.96. The molecule has 4 nitrogen and oxygen atoms in total. The van der Waals surface area contributed by atoms with Gasteiger partial charge in [0.05, 0.1) is 5.75 Å². The minimum Gasteiger partial charge on any atom is -0.455 e. The lowest BCUT2D eigenvalue weighted by Gasteiger charge is -2.07. The molecular formula is C17H18ClNO3S2. The summed E-state index contributed by atoms with van der Waals surface area (Å²) in [6.45, 7) is 0.254. The van der Waals surface area contributed by atoms with E-state index in [0.717, 1.165) is 11.3 Å². The average Bonchev–Trinajstić information content (AvgIpc) is 3.08. The third-order valence-electron chi connectivity index (χ3n) is 3.06. The van der Waals surface area contributed by atoms with E-state index in [1.165, 1.54) is 16.6 Å². The maximum atomic E-state index is 11.6. The number of halogens is 1. The lowest BCUT2D eigenvalue weighted by atomic mass is 10.1. The molecule has 2 aromatic rings. The Labute approximate surface area is 154 Å². The highest BCUT2D eigenvalue weighted by Crippen LogP contribution is 2.16. The van der Waals surface area contributed by atoms with Gasteiger partial charge in [-0.1, -0.05) is 29.8 Å². The molecular weight excluding hydrogens is 366 g/mol. The van der Waals surface area contributed by atoms with Gasteiger partial charge in [-0.2, -0.15) is 0 Å². The summed E-state index contributed by atoms with van der Waals surface area (Å²) in [5.41, 5.74) is 1.08. The Morgan fingerprint density at radius 2 is 2.00 bits per heavy atom. The molecule has 128 valence electrons. The molecule has 0 aliphatic rings. The predicted octanol–water partition coefficient (Wildman–Crippen LogP) is 3.54. The van der Waals surface area contributed by atoms with Crippen molar-refractivity contribution in [2.75, 3.05) is 18.9 Å². The van der Waals surface area contributed by atoms with Crippen molar-refractivity contribution in [3.8, 4) is 0 Å². The van der Waals surface area contributed by atoms with Gasteiger partial charge < -0.3 is 10.1 Å². The second-order valence-electron chi connectivity index (χ2n) is 4.96. The molecule has 2 rings (SSSR count). The molecule has 0 spiro atoms. The van der Waals surface area contributed by atoms with Gasteiger partial charge in [-0.15, -0.1) is 23.1 Å². The number of nitrogens with one attached hydrogen (secondary N) is 1. The summed E-state index contributed by atoms with van der Waals surface area (Å²) in [6, 6.07) is 11.5. The number of thioether (sulfide) groups is 1. The van der Waals surface area contributed by atoms with Crippen molar-refractivity contribution in [1.82, 2.24) is 5.32 Å². The van der Waals surface area contributed by atoms with E-state index in [9.17, 15) is 9.59 Å². The van der Waals surface area contributed by atoms with Crippen LogP contribution in [0.4, 0.5) is 0 Å². The number of hydrogen-bond donors (Lipinski definition) is 1. The van der Waals surface area contributed by atoms with Gasteiger partial charge in [-0.3, -0.25) is 9.59 Å². The largest absolute Gasteiger partial charge is 0.455 e. The molecule has 0 unspecified atom stereocenters. The zero-order valence-corrected chi connectivity index (χ0v) is 15.4. The van der Waals surface area contributed by atoms with Gasteiger partial charge in [0.15, 0.2) is 6.61 Å². The topological polar surface area (TPSA) is 55.4 Å². The summed E-state index contributed by atoms with van der Waals surface area (Å²) in [6.07, 6.45) is 0.702. The fourth-order valence-electron chi connectivity index (χ4n) is 1.87. The van der Waals surface area contributed by atoms with Crippen LogP contribution in [-0.2, 0) is 26.5 Å². The van der Waals surface area contributed by atoms with Crippen molar-refractivity contribution < 1.29 is 14.3 Å². The first-order valence-corrected chi connectivity index (χ1v) is 9.81. The number of hydrogen-bond acceptors (Lipinski definition) is 5. The zero-order chi connectivity index (χ0) is 17.2. The summed E-state index contributed by atoms with van der Waals surface area (Å²) in [5.74, 6) is 0.362. The SMILES string of the molecule is O=C(COC(=O)CSCc1cccs1)NCCc1ccc(Cl)cc1. The zero-order valence-electron chi connectivity index (χ0n) is 13.0. The molecule has 1 N–H and O–H groups in total. The molecule has 0 bridgehead atoms. The summed E-state index contributed by atoms with van der Waals surface area (Å²) >= 11 is 8.95. The highest BCUT2D eigenvalue weighted by molar-refractivity contribution is 7.99. The molecule has 1 aromatic carbocycles. The molecule has 0 aliphatic carbocycles. The van der Waals surface area contributed by atoms with Crippen LogP contribution in [-0.4, -0.2) is 30.8 Å². The van der Waals surface area contributed by atoms with Gasteiger partial charge in [-0.05, 0) is 35.6 Å². The second-order valence-corrected chi connectivity index (χ2v) is 7.41. The van der Waals surface area contributed by atoms with Gasteiger partial charge in [0.1, 0.15) is 0 Å². The van der Waals surface area contributed by atoms with Gasteiger partial charge in [0, 0.05) is 22.2 Å². The molecule has 0 radical (unpaired) electrons. The molecule has 24 heavy (non-hydrogen) atoms. The van der Waals surface area contributed by atoms with Crippen LogP contribution in [0, 0.1) is 0 Å². The van der Waals surface area contributed by atoms with Crippen LogP contribution >= 0.6 is 34.7 Å². The van der Waals surface area contributed by atoms with E-state index in [-0.39, 0.29) is 24.2 Å². The molecule has 0 aliphatic heterocycles. The Kier molecular flexibility index (Phi) is 8.15. The minimum atomic E-state index is -0.371. The number of benzene rings is 1. The maximum absolute atomic E-state index is 11.6. The Bertz CT molecular complexity index is 644. The smallest absolute Gasteiger partial charge is 0.316 e. The summed E-state index contributed by atoms with van der Waals surface area (Å²) in [4.78, 5) is 24.4. The number of ether oxygens (including phenoxy) is 1. The van der Waals surface area contributed by atoms with Crippen LogP contribution < -0.4 is 5.32 Å². The Hall–Kier alpha value is -1.50. The van der Waals surface area contributed by atoms with Crippen molar-refractivity contribution >= 4 is 46.6 Å². The van der Waals surface area contributed by atoms with Gasteiger partial charge in [0.2, 0.25) is 0 Å². The van der Waals surface area contributed by atoms with E-state index in [1.807, 2.05) is 41.8 Å². The van der Waals surface area contributed by atoms with E-state index in [4.69, 9.17) is 16.3 Å². The Balaban J connectivity index is 1.53. The molecule has 1 heterocycles. The maximum Gasteiger partial charge on any atom is 0.316 e. The summed E-state index contributed by atoms with van der Waals surface area (Å²) in [7, 11) is 0. The first kappa shape index (κ1) is 18.8. The third-order valence-corrected chi connectivity index (χ3v) is 5.32. The van der Waals surface area contributed by atoms with Gasteiger partial charge >= 0.3 is 5.97 Å². The molecule has 7 heteroatoms. The van der Waals surface area contributed by atoms with Gasteiger partial charge in [-0.25, -0.2) is 0 Å². The van der Waals surface area contributed by atoms with Crippen molar-refractivity contribution in [3.63, 3.8) is 0 Å². The Morgan fingerprint density at radius 3 is 2.71 bits per heavy atom. The van der Waals surface area contributed by atoms with Crippen molar-refractivity contribution in [3.05, 3.63) is 57.2 Å². The lowest BCUT2D eigenvalue weighted by Crippen LogP contribution is -2.30. The van der Waals surface area contributed by atoms with Crippen LogP contribution in [0.15, 0.2) is 41.8 Å². The van der Waals surface area contributed by atoms with Crippen molar-refractivity contribution in [1.29, 1.82) is 0 Å². The monoisotopic (exact) mass is 383 g/mol. The van der Waals surface area contributed by atoms with Gasteiger partial charge in [0.25, 0.3) is 5.91 Å². The first-order chi connectivity index (χ1) is 11.6. The highest BCUT2D eigenvalue weighted by atomic mass is 35.5. The lowest BCUT2D eigenvalue weighted by molar-refractivity contribution is -0.145.